The van der Waals surface area contributed by atoms with Crippen molar-refractivity contribution >= 4 is 0 Å². The second-order valence-corrected chi connectivity index (χ2v) is 4.17. The third-order valence-corrected chi connectivity index (χ3v) is 2.87. The largest absolute Gasteiger partial charge is 0.376 e. The van der Waals surface area contributed by atoms with Gasteiger partial charge in [-0.25, -0.2) is 0 Å². The third-order valence-electron chi connectivity index (χ3n) is 2.87. The van der Waals surface area contributed by atoms with E-state index < -0.39 is 0 Å². The van der Waals surface area contributed by atoms with Crippen LogP contribution in [0.2, 0.25) is 0 Å². The second kappa shape index (κ2) is 5.61. The summed E-state index contributed by atoms with van der Waals surface area (Å²) in [6, 6.07) is 0.742. The standard InChI is InChI=1S/C11H23NO/c1-4-5-6-10(2)12-7-8-13-11(3)9-12/h10-11H,4-9H2,1-3H3. The molecule has 1 saturated heterocycles. The molecule has 2 nitrogen and oxygen atoms in total. The van der Waals surface area contributed by atoms with E-state index in [4.69, 9.17) is 4.74 Å². The van der Waals surface area contributed by atoms with Gasteiger partial charge in [0.2, 0.25) is 0 Å². The first kappa shape index (κ1) is 11.0. The molecular weight excluding hydrogens is 162 g/mol. The van der Waals surface area contributed by atoms with Crippen LogP contribution < -0.4 is 0 Å². The third kappa shape index (κ3) is 3.65. The normalized spacial score (nSPS) is 27.5. The number of hydrogen-bond acceptors (Lipinski definition) is 2. The van der Waals surface area contributed by atoms with E-state index in [9.17, 15) is 0 Å². The zero-order chi connectivity index (χ0) is 9.68. The van der Waals surface area contributed by atoms with Crippen molar-refractivity contribution < 1.29 is 4.74 Å². The molecule has 2 unspecified atom stereocenters. The SMILES string of the molecule is CCCCC(C)N1CCOC(C)C1. The summed E-state index contributed by atoms with van der Waals surface area (Å²) in [5.41, 5.74) is 0. The molecule has 0 aromatic heterocycles. The quantitative estimate of drug-likeness (QED) is 0.666. The van der Waals surface area contributed by atoms with Crippen LogP contribution in [0.1, 0.15) is 40.0 Å². The molecule has 2 atom stereocenters. The van der Waals surface area contributed by atoms with Crippen LogP contribution in [0.4, 0.5) is 0 Å². The molecule has 0 bridgehead atoms. The minimum absolute atomic E-state index is 0.429. The van der Waals surface area contributed by atoms with Crippen LogP contribution in [0.5, 0.6) is 0 Å². The lowest BCUT2D eigenvalue weighted by atomic mass is 10.1. The van der Waals surface area contributed by atoms with Gasteiger partial charge in [-0.15, -0.1) is 0 Å². The summed E-state index contributed by atoms with van der Waals surface area (Å²) in [6.07, 6.45) is 4.43. The Morgan fingerprint density at radius 1 is 1.54 bits per heavy atom. The van der Waals surface area contributed by atoms with Crippen LogP contribution in [0.3, 0.4) is 0 Å². The number of unbranched alkanes of at least 4 members (excludes halogenated alkanes) is 1. The van der Waals surface area contributed by atoms with Crippen molar-refractivity contribution in [1.29, 1.82) is 0 Å². The first-order chi connectivity index (χ1) is 6.24. The number of nitrogens with zero attached hydrogens (tertiary/aromatic N) is 1. The maximum Gasteiger partial charge on any atom is 0.0674 e. The Morgan fingerprint density at radius 3 is 2.92 bits per heavy atom. The van der Waals surface area contributed by atoms with Crippen molar-refractivity contribution in [3.8, 4) is 0 Å². The molecule has 1 aliphatic heterocycles. The predicted molar refractivity (Wildman–Crippen MR) is 56.0 cm³/mol. The van der Waals surface area contributed by atoms with Crippen molar-refractivity contribution in [3.63, 3.8) is 0 Å². The smallest absolute Gasteiger partial charge is 0.0674 e. The van der Waals surface area contributed by atoms with Crippen LogP contribution in [0, 0.1) is 0 Å². The lowest BCUT2D eigenvalue weighted by Crippen LogP contribution is -2.45. The summed E-state index contributed by atoms with van der Waals surface area (Å²) < 4.78 is 5.52. The van der Waals surface area contributed by atoms with Gasteiger partial charge in [0.1, 0.15) is 0 Å². The molecule has 1 rings (SSSR count). The van der Waals surface area contributed by atoms with Gasteiger partial charge in [0.25, 0.3) is 0 Å². The highest BCUT2D eigenvalue weighted by atomic mass is 16.5. The summed E-state index contributed by atoms with van der Waals surface area (Å²) >= 11 is 0. The Kier molecular flexibility index (Phi) is 4.74. The Labute approximate surface area is 82.3 Å². The lowest BCUT2D eigenvalue weighted by Gasteiger charge is -2.35. The van der Waals surface area contributed by atoms with E-state index in [0.29, 0.717) is 6.10 Å². The Morgan fingerprint density at radius 2 is 2.31 bits per heavy atom. The van der Waals surface area contributed by atoms with Gasteiger partial charge in [0.05, 0.1) is 12.7 Å². The average molecular weight is 185 g/mol. The van der Waals surface area contributed by atoms with E-state index in [2.05, 4.69) is 25.7 Å². The fourth-order valence-corrected chi connectivity index (χ4v) is 1.93. The molecule has 0 spiro atoms. The fraction of sp³-hybridized carbons (Fsp3) is 1.00. The van der Waals surface area contributed by atoms with E-state index >= 15 is 0 Å². The van der Waals surface area contributed by atoms with Crippen molar-refractivity contribution in [2.75, 3.05) is 19.7 Å². The van der Waals surface area contributed by atoms with Crippen molar-refractivity contribution in [2.45, 2.75) is 52.2 Å². The monoisotopic (exact) mass is 185 g/mol. The van der Waals surface area contributed by atoms with Gasteiger partial charge >= 0.3 is 0 Å². The Hall–Kier alpha value is -0.0800. The van der Waals surface area contributed by atoms with Crippen LogP contribution in [0.25, 0.3) is 0 Å². The van der Waals surface area contributed by atoms with Crippen LogP contribution in [-0.2, 0) is 4.74 Å². The van der Waals surface area contributed by atoms with Crippen LogP contribution in [0.15, 0.2) is 0 Å². The number of morpholine rings is 1. The van der Waals surface area contributed by atoms with E-state index in [-0.39, 0.29) is 0 Å². The molecule has 0 saturated carbocycles. The number of rotatable bonds is 4. The predicted octanol–water partition coefficient (Wildman–Crippen LogP) is 2.29. The summed E-state index contributed by atoms with van der Waals surface area (Å²) in [5, 5.41) is 0. The zero-order valence-electron chi connectivity index (χ0n) is 9.25. The maximum absolute atomic E-state index is 5.52. The fourth-order valence-electron chi connectivity index (χ4n) is 1.93. The van der Waals surface area contributed by atoms with Gasteiger partial charge in [0, 0.05) is 19.1 Å². The van der Waals surface area contributed by atoms with E-state index in [1.54, 1.807) is 0 Å². The number of ether oxygens (including phenoxy) is 1. The van der Waals surface area contributed by atoms with Crippen molar-refractivity contribution in [2.24, 2.45) is 0 Å². The van der Waals surface area contributed by atoms with E-state index in [1.807, 2.05) is 0 Å². The van der Waals surface area contributed by atoms with E-state index in [0.717, 1.165) is 25.7 Å². The molecule has 1 heterocycles. The molecule has 1 aliphatic rings. The highest BCUT2D eigenvalue weighted by Crippen LogP contribution is 2.12. The van der Waals surface area contributed by atoms with E-state index in [1.165, 1.54) is 19.3 Å². The first-order valence-electron chi connectivity index (χ1n) is 5.59. The molecule has 2 heteroatoms. The highest BCUT2D eigenvalue weighted by molar-refractivity contribution is 4.73. The molecule has 1 fully saturated rings. The number of hydrogen-bond donors (Lipinski definition) is 0. The highest BCUT2D eigenvalue weighted by Gasteiger charge is 2.20. The molecule has 0 N–H and O–H groups in total. The van der Waals surface area contributed by atoms with Gasteiger partial charge in [-0.3, -0.25) is 4.90 Å². The minimum Gasteiger partial charge on any atom is -0.376 e. The van der Waals surface area contributed by atoms with Gasteiger partial charge in [-0.05, 0) is 20.3 Å². The molecule has 13 heavy (non-hydrogen) atoms. The van der Waals surface area contributed by atoms with Gasteiger partial charge in [0.15, 0.2) is 0 Å². The topological polar surface area (TPSA) is 12.5 Å². The minimum atomic E-state index is 0.429. The summed E-state index contributed by atoms with van der Waals surface area (Å²) in [7, 11) is 0. The van der Waals surface area contributed by atoms with Crippen LogP contribution >= 0.6 is 0 Å². The van der Waals surface area contributed by atoms with Gasteiger partial charge in [-0.1, -0.05) is 19.8 Å². The summed E-state index contributed by atoms with van der Waals surface area (Å²) in [6.45, 7) is 9.92. The summed E-state index contributed by atoms with van der Waals surface area (Å²) in [5.74, 6) is 0. The maximum atomic E-state index is 5.52. The second-order valence-electron chi connectivity index (χ2n) is 4.17. The molecule has 0 aliphatic carbocycles. The zero-order valence-corrected chi connectivity index (χ0v) is 9.25. The first-order valence-corrected chi connectivity index (χ1v) is 5.59. The Bertz CT molecular complexity index is 138. The molecule has 0 aromatic carbocycles. The molecule has 0 aromatic rings. The van der Waals surface area contributed by atoms with Crippen molar-refractivity contribution in [1.82, 2.24) is 4.90 Å². The average Bonchev–Trinajstić information content (AvgIpc) is 2.14. The molecular formula is C11H23NO. The lowest BCUT2D eigenvalue weighted by molar-refractivity contribution is -0.0327. The molecule has 0 radical (unpaired) electrons. The molecule has 0 amide bonds. The Balaban J connectivity index is 2.24. The molecule has 78 valence electrons. The summed E-state index contributed by atoms with van der Waals surface area (Å²) in [4.78, 5) is 2.56. The van der Waals surface area contributed by atoms with Gasteiger partial charge < -0.3 is 4.74 Å². The van der Waals surface area contributed by atoms with Gasteiger partial charge in [-0.2, -0.15) is 0 Å². The van der Waals surface area contributed by atoms with Crippen molar-refractivity contribution in [3.05, 3.63) is 0 Å². The van der Waals surface area contributed by atoms with Crippen LogP contribution in [-0.4, -0.2) is 36.7 Å².